The molecule has 172 valence electrons. The van der Waals surface area contributed by atoms with E-state index in [1.807, 2.05) is 4.90 Å². The Morgan fingerprint density at radius 1 is 1.37 bits per heavy atom. The van der Waals surface area contributed by atoms with Gasteiger partial charge in [-0.1, -0.05) is 11.6 Å². The highest BCUT2D eigenvalue weighted by Crippen LogP contribution is 2.34. The predicted molar refractivity (Wildman–Crippen MR) is 122 cm³/mol. The van der Waals surface area contributed by atoms with Crippen LogP contribution in [0, 0.1) is 0 Å². The molecule has 0 spiro atoms. The first-order valence-electron chi connectivity index (χ1n) is 9.36. The highest BCUT2D eigenvalue weighted by atomic mass is 127. The van der Waals surface area contributed by atoms with Crippen molar-refractivity contribution >= 4 is 47.4 Å². The Hall–Kier alpha value is -1.05. The molecule has 1 fully saturated rings. The van der Waals surface area contributed by atoms with Crippen LogP contribution >= 0.6 is 35.6 Å². The number of nitrogens with zero attached hydrogens (tertiary/aromatic N) is 3. The number of pyridine rings is 1. The molecule has 0 aromatic carbocycles. The smallest absolute Gasteiger partial charge is 0.382 e. The lowest BCUT2D eigenvalue weighted by atomic mass is 10.2. The molecule has 1 aromatic rings. The predicted octanol–water partition coefficient (Wildman–Crippen LogP) is 3.17. The number of halogens is 5. The Balaban J connectivity index is 0.00000450. The van der Waals surface area contributed by atoms with Crippen LogP contribution < -0.4 is 15.5 Å². The molecule has 0 bridgehead atoms. The van der Waals surface area contributed by atoms with E-state index in [0.29, 0.717) is 51.2 Å². The van der Waals surface area contributed by atoms with Crippen LogP contribution in [0.3, 0.4) is 0 Å². The first-order chi connectivity index (χ1) is 13.8. The summed E-state index contributed by atoms with van der Waals surface area (Å²) >= 11 is 6.05. The Morgan fingerprint density at radius 3 is 2.77 bits per heavy atom. The van der Waals surface area contributed by atoms with E-state index in [2.05, 4.69) is 20.6 Å². The normalized spacial score (nSPS) is 17.1. The van der Waals surface area contributed by atoms with Gasteiger partial charge in [-0.05, 0) is 18.9 Å². The maximum atomic E-state index is 12.8. The maximum absolute atomic E-state index is 12.8. The fraction of sp³-hybridized carbons (Fsp3) is 0.667. The molecule has 0 amide bonds. The zero-order valence-electron chi connectivity index (χ0n) is 17.0. The molecule has 2 rings (SSSR count). The summed E-state index contributed by atoms with van der Waals surface area (Å²) in [5.74, 6) is 1.03. The molecule has 1 saturated heterocycles. The number of aromatic nitrogens is 1. The number of rotatable bonds is 9. The number of guanidine groups is 1. The van der Waals surface area contributed by atoms with Crippen LogP contribution in [0.1, 0.15) is 18.4 Å². The fourth-order valence-corrected chi connectivity index (χ4v) is 3.19. The van der Waals surface area contributed by atoms with E-state index in [0.717, 1.165) is 25.1 Å². The first kappa shape index (κ1) is 27.0. The van der Waals surface area contributed by atoms with Crippen molar-refractivity contribution in [3.05, 3.63) is 22.8 Å². The van der Waals surface area contributed by atoms with Gasteiger partial charge in [0.2, 0.25) is 0 Å². The number of hydrogen-bond acceptors (Lipinski definition) is 5. The lowest BCUT2D eigenvalue weighted by molar-refractivity contribution is -0.137. The van der Waals surface area contributed by atoms with Crippen molar-refractivity contribution in [3.8, 4) is 0 Å². The number of anilines is 1. The summed E-state index contributed by atoms with van der Waals surface area (Å²) in [6.07, 6.45) is -2.03. The zero-order valence-corrected chi connectivity index (χ0v) is 20.1. The van der Waals surface area contributed by atoms with Crippen molar-refractivity contribution in [3.63, 3.8) is 0 Å². The van der Waals surface area contributed by atoms with Gasteiger partial charge in [-0.2, -0.15) is 13.2 Å². The van der Waals surface area contributed by atoms with Crippen LogP contribution in [0.25, 0.3) is 0 Å². The highest BCUT2D eigenvalue weighted by molar-refractivity contribution is 14.0. The molecule has 1 aliphatic heterocycles. The van der Waals surface area contributed by atoms with Gasteiger partial charge in [-0.3, -0.25) is 4.99 Å². The molecule has 0 aliphatic carbocycles. The molecule has 1 aliphatic rings. The number of alkyl halides is 3. The molecule has 1 aromatic heterocycles. The minimum absolute atomic E-state index is 0. The standard InChI is InChI=1S/C18H27ClF3N5O2.HI/c1-23-17(24-5-3-7-29-9-8-28-2)26-14-4-6-27(12-14)16-15(19)10-13(11-25-16)18(20,21)22;/h10-11,14H,3-9,12H2,1-2H3,(H2,23,24,26);1H. The molecule has 1 atom stereocenters. The summed E-state index contributed by atoms with van der Waals surface area (Å²) in [7, 11) is 3.32. The average molecular weight is 566 g/mol. The topological polar surface area (TPSA) is 71.0 Å². The lowest BCUT2D eigenvalue weighted by Crippen LogP contribution is -2.45. The average Bonchev–Trinajstić information content (AvgIpc) is 3.13. The number of aliphatic imine (C=N–C) groups is 1. The lowest BCUT2D eigenvalue weighted by Gasteiger charge is -2.21. The van der Waals surface area contributed by atoms with Gasteiger partial charge in [0, 0.05) is 52.6 Å². The number of ether oxygens (including phenoxy) is 2. The highest BCUT2D eigenvalue weighted by Gasteiger charge is 2.33. The van der Waals surface area contributed by atoms with E-state index in [4.69, 9.17) is 21.1 Å². The van der Waals surface area contributed by atoms with E-state index in [9.17, 15) is 13.2 Å². The fourth-order valence-electron chi connectivity index (χ4n) is 2.90. The van der Waals surface area contributed by atoms with Crippen LogP contribution in [-0.2, 0) is 15.7 Å². The largest absolute Gasteiger partial charge is 0.417 e. The minimum atomic E-state index is -4.46. The molecule has 0 saturated carbocycles. The van der Waals surface area contributed by atoms with Gasteiger partial charge in [0.25, 0.3) is 0 Å². The van der Waals surface area contributed by atoms with E-state index in [1.165, 1.54) is 0 Å². The van der Waals surface area contributed by atoms with Gasteiger partial charge in [-0.15, -0.1) is 24.0 Å². The SMILES string of the molecule is CN=C(NCCCOCCOC)NC1CCN(c2ncc(C(F)(F)F)cc2Cl)C1.I. The molecule has 2 heterocycles. The number of nitrogens with one attached hydrogen (secondary N) is 2. The maximum Gasteiger partial charge on any atom is 0.417 e. The summed E-state index contributed by atoms with van der Waals surface area (Å²) in [5, 5.41) is 6.53. The molecule has 7 nitrogen and oxygen atoms in total. The third-order valence-corrected chi connectivity index (χ3v) is 4.67. The molecular formula is C18H28ClF3IN5O2. The number of methoxy groups -OCH3 is 1. The van der Waals surface area contributed by atoms with Gasteiger partial charge in [0.05, 0.1) is 23.8 Å². The van der Waals surface area contributed by atoms with Crippen LogP contribution in [0.2, 0.25) is 5.02 Å². The zero-order chi connectivity index (χ0) is 21.3. The summed E-state index contributed by atoms with van der Waals surface area (Å²) in [5.41, 5.74) is -0.851. The van der Waals surface area contributed by atoms with Crippen LogP contribution in [-0.4, -0.2) is 70.6 Å². The third-order valence-electron chi connectivity index (χ3n) is 4.39. The van der Waals surface area contributed by atoms with E-state index in [-0.39, 0.29) is 35.0 Å². The third kappa shape index (κ3) is 8.60. The molecule has 2 N–H and O–H groups in total. The van der Waals surface area contributed by atoms with E-state index in [1.54, 1.807) is 14.2 Å². The van der Waals surface area contributed by atoms with E-state index < -0.39 is 11.7 Å². The minimum Gasteiger partial charge on any atom is -0.382 e. The summed E-state index contributed by atoms with van der Waals surface area (Å²) in [6.45, 7) is 3.69. The first-order valence-corrected chi connectivity index (χ1v) is 9.74. The summed E-state index contributed by atoms with van der Waals surface area (Å²) < 4.78 is 48.6. The molecule has 12 heteroatoms. The molecule has 30 heavy (non-hydrogen) atoms. The van der Waals surface area contributed by atoms with Crippen molar-refractivity contribution in [2.45, 2.75) is 25.1 Å². The Bertz CT molecular complexity index is 682. The summed E-state index contributed by atoms with van der Waals surface area (Å²) in [4.78, 5) is 10.0. The Kier molecular flexibility index (Phi) is 12.0. The van der Waals surface area contributed by atoms with Gasteiger partial charge in [0.1, 0.15) is 5.82 Å². The van der Waals surface area contributed by atoms with Crippen LogP contribution in [0.5, 0.6) is 0 Å². The van der Waals surface area contributed by atoms with Crippen molar-refractivity contribution in [1.29, 1.82) is 0 Å². The number of hydrogen-bond donors (Lipinski definition) is 2. The van der Waals surface area contributed by atoms with Crippen molar-refractivity contribution in [2.75, 3.05) is 58.5 Å². The molecular weight excluding hydrogens is 538 g/mol. The van der Waals surface area contributed by atoms with Crippen molar-refractivity contribution in [2.24, 2.45) is 4.99 Å². The van der Waals surface area contributed by atoms with Gasteiger partial charge in [0.15, 0.2) is 5.96 Å². The monoisotopic (exact) mass is 565 g/mol. The second-order valence-corrected chi connectivity index (χ2v) is 6.97. The summed E-state index contributed by atoms with van der Waals surface area (Å²) in [6, 6.07) is 0.999. The second kappa shape index (κ2) is 13.4. The van der Waals surface area contributed by atoms with Gasteiger partial charge >= 0.3 is 6.18 Å². The molecule has 0 radical (unpaired) electrons. The van der Waals surface area contributed by atoms with E-state index >= 15 is 0 Å². The molecule has 1 unspecified atom stereocenters. The van der Waals surface area contributed by atoms with Crippen LogP contribution in [0.15, 0.2) is 17.3 Å². The second-order valence-electron chi connectivity index (χ2n) is 6.56. The van der Waals surface area contributed by atoms with Crippen LogP contribution in [0.4, 0.5) is 19.0 Å². The van der Waals surface area contributed by atoms with Crippen molar-refractivity contribution in [1.82, 2.24) is 15.6 Å². The van der Waals surface area contributed by atoms with Gasteiger partial charge in [-0.25, -0.2) is 4.98 Å². The quantitative estimate of drug-likeness (QED) is 0.208. The Labute approximate surface area is 196 Å². The van der Waals surface area contributed by atoms with Gasteiger partial charge < -0.3 is 25.0 Å². The Morgan fingerprint density at radius 2 is 2.13 bits per heavy atom. The van der Waals surface area contributed by atoms with Crippen molar-refractivity contribution < 1.29 is 22.6 Å².